The van der Waals surface area contributed by atoms with Crippen LogP contribution in [0.25, 0.3) is 0 Å². The van der Waals surface area contributed by atoms with Crippen LogP contribution in [0.1, 0.15) is 91.4 Å². The highest BCUT2D eigenvalue weighted by atomic mass is 28.4. The van der Waals surface area contributed by atoms with E-state index in [-0.39, 0.29) is 0 Å². The Bertz CT molecular complexity index is 286. The lowest BCUT2D eigenvalue weighted by Gasteiger charge is -2.34. The van der Waals surface area contributed by atoms with Crippen molar-refractivity contribution in [1.82, 2.24) is 0 Å². The Hall–Kier alpha value is -0.163. The Labute approximate surface area is 145 Å². The van der Waals surface area contributed by atoms with E-state index in [0.717, 1.165) is 51.9 Å². The van der Waals surface area contributed by atoms with Crippen LogP contribution in [0.15, 0.2) is 11.3 Å². The Balaban J connectivity index is 2.58. The van der Waals surface area contributed by atoms with Gasteiger partial charge in [0.1, 0.15) is 0 Å². The first-order valence-electron chi connectivity index (χ1n) is 9.90. The van der Waals surface area contributed by atoms with Gasteiger partial charge in [0.25, 0.3) is 0 Å². The van der Waals surface area contributed by atoms with E-state index < -0.39 is 8.80 Å². The summed E-state index contributed by atoms with van der Waals surface area (Å²) in [6.45, 7) is 9.00. The molecule has 4 heteroatoms. The SMILES string of the molecule is CCCCCO[Si](OCCCCC)(OCCCCC)C1=CCC1. The van der Waals surface area contributed by atoms with Crippen molar-refractivity contribution in [2.45, 2.75) is 91.4 Å². The number of rotatable bonds is 16. The summed E-state index contributed by atoms with van der Waals surface area (Å²) in [6, 6.07) is 0. The van der Waals surface area contributed by atoms with E-state index in [9.17, 15) is 0 Å². The minimum Gasteiger partial charge on any atom is -0.370 e. The molecule has 0 saturated carbocycles. The molecule has 0 aliphatic heterocycles. The fourth-order valence-electron chi connectivity index (χ4n) is 2.65. The van der Waals surface area contributed by atoms with E-state index in [4.69, 9.17) is 13.3 Å². The van der Waals surface area contributed by atoms with Crippen molar-refractivity contribution in [3.8, 4) is 0 Å². The zero-order valence-corrected chi connectivity index (χ0v) is 16.7. The predicted molar refractivity (Wildman–Crippen MR) is 99.5 cm³/mol. The summed E-state index contributed by atoms with van der Waals surface area (Å²) in [5.74, 6) is 0. The molecule has 1 rings (SSSR count). The van der Waals surface area contributed by atoms with Crippen molar-refractivity contribution < 1.29 is 13.3 Å². The molecule has 0 heterocycles. The first-order valence-corrected chi connectivity index (χ1v) is 11.6. The van der Waals surface area contributed by atoms with Gasteiger partial charge in [0.05, 0.1) is 0 Å². The molecule has 0 aromatic heterocycles. The summed E-state index contributed by atoms with van der Waals surface area (Å²) >= 11 is 0. The molecule has 0 bridgehead atoms. The molecule has 1 aliphatic carbocycles. The normalized spacial score (nSPS) is 14.7. The lowest BCUT2D eigenvalue weighted by Crippen LogP contribution is -2.50. The minimum atomic E-state index is -2.60. The lowest BCUT2D eigenvalue weighted by atomic mass is 10.1. The van der Waals surface area contributed by atoms with Gasteiger partial charge in [-0.05, 0) is 37.3 Å². The van der Waals surface area contributed by atoms with Gasteiger partial charge in [-0.2, -0.15) is 0 Å². The van der Waals surface area contributed by atoms with Gasteiger partial charge in [0, 0.05) is 19.8 Å². The summed E-state index contributed by atoms with van der Waals surface area (Å²) in [4.78, 5) is 0. The third-order valence-corrected chi connectivity index (χ3v) is 7.31. The highest BCUT2D eigenvalue weighted by Gasteiger charge is 2.47. The zero-order chi connectivity index (χ0) is 16.8. The predicted octanol–water partition coefficient (Wildman–Crippen LogP) is 5.81. The molecule has 1 aliphatic rings. The molecule has 0 amide bonds. The third-order valence-electron chi connectivity index (χ3n) is 4.32. The van der Waals surface area contributed by atoms with Crippen LogP contribution in [0.3, 0.4) is 0 Å². The molecule has 0 fully saturated rings. The summed E-state index contributed by atoms with van der Waals surface area (Å²) in [6.07, 6.45) is 15.2. The number of hydrogen-bond donors (Lipinski definition) is 0. The van der Waals surface area contributed by atoms with E-state index in [0.29, 0.717) is 0 Å². The maximum absolute atomic E-state index is 6.32. The Kier molecular flexibility index (Phi) is 12.0. The second kappa shape index (κ2) is 13.2. The van der Waals surface area contributed by atoms with Crippen molar-refractivity contribution in [3.63, 3.8) is 0 Å². The van der Waals surface area contributed by atoms with Gasteiger partial charge in [-0.3, -0.25) is 0 Å². The largest absolute Gasteiger partial charge is 0.532 e. The van der Waals surface area contributed by atoms with Crippen LogP contribution in [0.4, 0.5) is 0 Å². The second-order valence-corrected chi connectivity index (χ2v) is 9.11. The van der Waals surface area contributed by atoms with Crippen molar-refractivity contribution >= 4 is 8.80 Å². The molecule has 136 valence electrons. The molecule has 0 unspecified atom stereocenters. The lowest BCUT2D eigenvalue weighted by molar-refractivity contribution is 0.0624. The van der Waals surface area contributed by atoms with Gasteiger partial charge in [-0.1, -0.05) is 65.4 Å². The molecule has 0 atom stereocenters. The Morgan fingerprint density at radius 2 is 1.13 bits per heavy atom. The van der Waals surface area contributed by atoms with Gasteiger partial charge in [0.15, 0.2) is 0 Å². The van der Waals surface area contributed by atoms with Gasteiger partial charge < -0.3 is 13.3 Å². The monoisotopic (exact) mass is 342 g/mol. The van der Waals surface area contributed by atoms with Gasteiger partial charge in [0.2, 0.25) is 0 Å². The van der Waals surface area contributed by atoms with E-state index >= 15 is 0 Å². The molecule has 0 aromatic rings. The standard InChI is InChI=1S/C19H38O3Si/c1-4-7-10-16-20-23(19-14-13-15-19,21-17-11-8-5-2)22-18-12-9-6-3/h14H,4-13,15-18H2,1-3H3. The fraction of sp³-hybridized carbons (Fsp3) is 0.895. The summed E-state index contributed by atoms with van der Waals surface area (Å²) in [5, 5.41) is 1.34. The number of hydrogen-bond acceptors (Lipinski definition) is 3. The van der Waals surface area contributed by atoms with Gasteiger partial charge in [-0.25, -0.2) is 0 Å². The van der Waals surface area contributed by atoms with Crippen LogP contribution in [-0.4, -0.2) is 28.6 Å². The highest BCUT2D eigenvalue weighted by Crippen LogP contribution is 2.32. The van der Waals surface area contributed by atoms with Crippen LogP contribution in [-0.2, 0) is 13.3 Å². The molecule has 0 N–H and O–H groups in total. The Morgan fingerprint density at radius 1 is 0.739 bits per heavy atom. The van der Waals surface area contributed by atoms with Crippen LogP contribution in [0.2, 0.25) is 0 Å². The van der Waals surface area contributed by atoms with E-state index in [1.165, 1.54) is 43.7 Å². The minimum absolute atomic E-state index is 0.777. The first-order chi connectivity index (χ1) is 11.3. The Morgan fingerprint density at radius 3 is 1.39 bits per heavy atom. The molecular formula is C19H38O3Si. The summed E-state index contributed by atoms with van der Waals surface area (Å²) < 4.78 is 19.0. The smallest absolute Gasteiger partial charge is 0.370 e. The first kappa shape index (κ1) is 20.9. The zero-order valence-electron chi connectivity index (χ0n) is 15.7. The van der Waals surface area contributed by atoms with Crippen LogP contribution >= 0.6 is 0 Å². The van der Waals surface area contributed by atoms with E-state index in [1.807, 2.05) is 0 Å². The van der Waals surface area contributed by atoms with Crippen LogP contribution in [0.5, 0.6) is 0 Å². The van der Waals surface area contributed by atoms with Crippen LogP contribution in [0, 0.1) is 0 Å². The van der Waals surface area contributed by atoms with E-state index in [2.05, 4.69) is 26.8 Å². The molecule has 23 heavy (non-hydrogen) atoms. The van der Waals surface area contributed by atoms with Crippen molar-refractivity contribution in [3.05, 3.63) is 11.3 Å². The van der Waals surface area contributed by atoms with Crippen molar-refractivity contribution in [1.29, 1.82) is 0 Å². The maximum Gasteiger partial charge on any atom is 0.532 e. The molecular weight excluding hydrogens is 304 g/mol. The highest BCUT2D eigenvalue weighted by molar-refractivity contribution is 6.69. The summed E-state index contributed by atoms with van der Waals surface area (Å²) in [5.41, 5.74) is 0. The van der Waals surface area contributed by atoms with Crippen LogP contribution < -0.4 is 0 Å². The summed E-state index contributed by atoms with van der Waals surface area (Å²) in [7, 11) is -2.60. The third kappa shape index (κ3) is 7.97. The van der Waals surface area contributed by atoms with Gasteiger partial charge in [-0.15, -0.1) is 0 Å². The molecule has 3 nitrogen and oxygen atoms in total. The average Bonchev–Trinajstić information content (AvgIpc) is 2.51. The number of allylic oxidation sites excluding steroid dienone is 2. The van der Waals surface area contributed by atoms with E-state index in [1.54, 1.807) is 0 Å². The number of unbranched alkanes of at least 4 members (excludes halogenated alkanes) is 6. The molecule has 0 radical (unpaired) electrons. The average molecular weight is 343 g/mol. The van der Waals surface area contributed by atoms with Crippen molar-refractivity contribution in [2.75, 3.05) is 19.8 Å². The maximum atomic E-state index is 6.32. The quantitative estimate of drug-likeness (QED) is 0.262. The molecule has 0 aromatic carbocycles. The second-order valence-electron chi connectivity index (χ2n) is 6.49. The molecule has 0 spiro atoms. The van der Waals surface area contributed by atoms with Gasteiger partial charge >= 0.3 is 8.80 Å². The van der Waals surface area contributed by atoms with Crippen molar-refractivity contribution in [2.24, 2.45) is 0 Å². The molecule has 0 saturated heterocycles. The fourth-order valence-corrected chi connectivity index (χ4v) is 5.54. The topological polar surface area (TPSA) is 27.7 Å².